The average molecular weight is 296 g/mol. The Balaban J connectivity index is 1.98. The minimum atomic E-state index is -0.857. The maximum atomic E-state index is 11.1. The standard InChI is InChI=1S/C17H16N2O3/c1-11(16(20)21)12-8-9-15-14(10-12)18-17(22-15)19(2)13-6-4-3-5-7-13/h3-11H,1-2H3,(H,20,21). The Morgan fingerprint density at radius 1 is 1.23 bits per heavy atom. The molecule has 2 aromatic carbocycles. The van der Waals surface area contributed by atoms with E-state index in [0.717, 1.165) is 5.69 Å². The monoisotopic (exact) mass is 296 g/mol. The molecule has 0 amide bonds. The smallest absolute Gasteiger partial charge is 0.310 e. The molecule has 0 saturated carbocycles. The van der Waals surface area contributed by atoms with Crippen molar-refractivity contribution in [1.29, 1.82) is 0 Å². The largest absolute Gasteiger partial charge is 0.481 e. The van der Waals surface area contributed by atoms with Gasteiger partial charge in [0.15, 0.2) is 5.58 Å². The van der Waals surface area contributed by atoms with Gasteiger partial charge >= 0.3 is 12.0 Å². The quantitative estimate of drug-likeness (QED) is 0.793. The van der Waals surface area contributed by atoms with Gasteiger partial charge in [-0.25, -0.2) is 0 Å². The third-order valence-electron chi connectivity index (χ3n) is 3.70. The van der Waals surface area contributed by atoms with Crippen LogP contribution < -0.4 is 4.90 Å². The van der Waals surface area contributed by atoms with Crippen LogP contribution in [0.3, 0.4) is 0 Å². The molecule has 3 aromatic rings. The molecular weight excluding hydrogens is 280 g/mol. The lowest BCUT2D eigenvalue weighted by Crippen LogP contribution is -2.09. The first kappa shape index (κ1) is 14.1. The van der Waals surface area contributed by atoms with Crippen molar-refractivity contribution in [3.05, 3.63) is 54.1 Å². The molecule has 112 valence electrons. The Morgan fingerprint density at radius 2 is 1.95 bits per heavy atom. The highest BCUT2D eigenvalue weighted by atomic mass is 16.4. The van der Waals surface area contributed by atoms with E-state index < -0.39 is 11.9 Å². The molecule has 22 heavy (non-hydrogen) atoms. The second-order valence-corrected chi connectivity index (χ2v) is 5.18. The van der Waals surface area contributed by atoms with Crippen molar-refractivity contribution >= 4 is 28.8 Å². The fraction of sp³-hybridized carbons (Fsp3) is 0.176. The SMILES string of the molecule is CC(C(=O)O)c1ccc2oc(N(C)c3ccccc3)nc2c1. The highest BCUT2D eigenvalue weighted by molar-refractivity contribution is 5.81. The number of carboxylic acids is 1. The van der Waals surface area contributed by atoms with Gasteiger partial charge in [0.2, 0.25) is 0 Å². The minimum absolute atomic E-state index is 0.473. The van der Waals surface area contributed by atoms with E-state index in [1.54, 1.807) is 25.1 Å². The summed E-state index contributed by atoms with van der Waals surface area (Å²) >= 11 is 0. The molecule has 1 atom stereocenters. The molecule has 3 rings (SSSR count). The number of hydrogen-bond acceptors (Lipinski definition) is 4. The minimum Gasteiger partial charge on any atom is -0.481 e. The summed E-state index contributed by atoms with van der Waals surface area (Å²) in [7, 11) is 1.88. The molecule has 1 heterocycles. The Bertz CT molecular complexity index is 811. The van der Waals surface area contributed by atoms with Crippen LogP contribution in [0.15, 0.2) is 52.9 Å². The number of hydrogen-bond donors (Lipinski definition) is 1. The van der Waals surface area contributed by atoms with E-state index in [-0.39, 0.29) is 0 Å². The summed E-state index contributed by atoms with van der Waals surface area (Å²) in [5.74, 6) is -1.43. The summed E-state index contributed by atoms with van der Waals surface area (Å²) < 4.78 is 5.75. The Hall–Kier alpha value is -2.82. The van der Waals surface area contributed by atoms with Crippen molar-refractivity contribution in [3.8, 4) is 0 Å². The van der Waals surface area contributed by atoms with Crippen LogP contribution in [0.2, 0.25) is 0 Å². The van der Waals surface area contributed by atoms with E-state index in [2.05, 4.69) is 4.98 Å². The Kier molecular flexibility index (Phi) is 3.55. The number of benzene rings is 2. The molecule has 0 bridgehead atoms. The molecule has 5 nitrogen and oxygen atoms in total. The molecule has 0 radical (unpaired) electrons. The Morgan fingerprint density at radius 3 is 2.64 bits per heavy atom. The number of nitrogens with zero attached hydrogens (tertiary/aromatic N) is 2. The first-order chi connectivity index (χ1) is 10.6. The predicted molar refractivity (Wildman–Crippen MR) is 84.6 cm³/mol. The summed E-state index contributed by atoms with van der Waals surface area (Å²) in [5, 5.41) is 9.10. The fourth-order valence-electron chi connectivity index (χ4n) is 2.25. The maximum absolute atomic E-state index is 11.1. The van der Waals surface area contributed by atoms with E-state index in [1.165, 1.54) is 0 Å². The third-order valence-corrected chi connectivity index (χ3v) is 3.70. The van der Waals surface area contributed by atoms with E-state index in [9.17, 15) is 4.79 Å². The number of oxazole rings is 1. The van der Waals surface area contributed by atoms with Gasteiger partial charge in [0.25, 0.3) is 0 Å². The van der Waals surface area contributed by atoms with Crippen LogP contribution in [0.4, 0.5) is 11.7 Å². The van der Waals surface area contributed by atoms with E-state index >= 15 is 0 Å². The molecule has 0 aliphatic rings. The van der Waals surface area contributed by atoms with Gasteiger partial charge in [-0.1, -0.05) is 24.3 Å². The number of para-hydroxylation sites is 1. The third kappa shape index (κ3) is 2.53. The number of anilines is 2. The lowest BCUT2D eigenvalue weighted by Gasteiger charge is -2.13. The number of rotatable bonds is 4. The summed E-state index contributed by atoms with van der Waals surface area (Å²) in [6.45, 7) is 1.65. The molecule has 0 aliphatic carbocycles. The number of fused-ring (bicyclic) bond motifs is 1. The average Bonchev–Trinajstić information content (AvgIpc) is 2.97. The van der Waals surface area contributed by atoms with Crippen molar-refractivity contribution in [2.75, 3.05) is 11.9 Å². The zero-order valence-corrected chi connectivity index (χ0v) is 12.4. The van der Waals surface area contributed by atoms with E-state index in [4.69, 9.17) is 9.52 Å². The second-order valence-electron chi connectivity index (χ2n) is 5.18. The number of carboxylic acid groups (broad SMARTS) is 1. The van der Waals surface area contributed by atoms with Gasteiger partial charge in [-0.2, -0.15) is 4.98 Å². The second kappa shape index (κ2) is 5.52. The highest BCUT2D eigenvalue weighted by Crippen LogP contribution is 2.28. The van der Waals surface area contributed by atoms with Gasteiger partial charge < -0.3 is 9.52 Å². The first-order valence-electron chi connectivity index (χ1n) is 6.98. The van der Waals surface area contributed by atoms with Crippen molar-refractivity contribution in [1.82, 2.24) is 4.98 Å². The van der Waals surface area contributed by atoms with Gasteiger partial charge in [0.1, 0.15) is 5.52 Å². The molecule has 1 N–H and O–H groups in total. The number of aliphatic carboxylic acids is 1. The normalized spacial score (nSPS) is 12.3. The summed E-state index contributed by atoms with van der Waals surface area (Å²) in [6, 6.07) is 15.5. The molecule has 1 aromatic heterocycles. The Labute approximate surface area is 127 Å². The number of carbonyl (C=O) groups is 1. The van der Waals surface area contributed by atoms with Crippen molar-refractivity contribution in [3.63, 3.8) is 0 Å². The van der Waals surface area contributed by atoms with Gasteiger partial charge in [-0.15, -0.1) is 0 Å². The lowest BCUT2D eigenvalue weighted by atomic mass is 10.0. The molecule has 5 heteroatoms. The molecular formula is C17H16N2O3. The van der Waals surface area contributed by atoms with E-state index in [1.807, 2.05) is 42.3 Å². The zero-order chi connectivity index (χ0) is 15.7. The maximum Gasteiger partial charge on any atom is 0.310 e. The van der Waals surface area contributed by atoms with Crippen LogP contribution in [-0.4, -0.2) is 23.1 Å². The van der Waals surface area contributed by atoms with Crippen molar-refractivity contribution in [2.24, 2.45) is 0 Å². The van der Waals surface area contributed by atoms with Crippen LogP contribution in [0, 0.1) is 0 Å². The molecule has 0 spiro atoms. The topological polar surface area (TPSA) is 66.6 Å². The van der Waals surface area contributed by atoms with E-state index in [0.29, 0.717) is 22.7 Å². The van der Waals surface area contributed by atoms with Gasteiger partial charge in [-0.3, -0.25) is 9.69 Å². The highest BCUT2D eigenvalue weighted by Gasteiger charge is 2.17. The summed E-state index contributed by atoms with van der Waals surface area (Å²) in [6.07, 6.45) is 0. The molecule has 1 unspecified atom stereocenters. The molecule has 0 aliphatic heterocycles. The van der Waals surface area contributed by atoms with Gasteiger partial charge in [0.05, 0.1) is 5.92 Å². The molecule has 0 fully saturated rings. The zero-order valence-electron chi connectivity index (χ0n) is 12.4. The van der Waals surface area contributed by atoms with Crippen LogP contribution in [0.1, 0.15) is 18.4 Å². The summed E-state index contributed by atoms with van der Waals surface area (Å²) in [4.78, 5) is 17.4. The predicted octanol–water partition coefficient (Wildman–Crippen LogP) is 3.78. The van der Waals surface area contributed by atoms with Gasteiger partial charge in [0, 0.05) is 12.7 Å². The van der Waals surface area contributed by atoms with Crippen LogP contribution in [-0.2, 0) is 4.79 Å². The van der Waals surface area contributed by atoms with Crippen molar-refractivity contribution in [2.45, 2.75) is 12.8 Å². The van der Waals surface area contributed by atoms with Crippen molar-refractivity contribution < 1.29 is 14.3 Å². The number of aromatic nitrogens is 1. The summed E-state index contributed by atoms with van der Waals surface area (Å²) in [5.41, 5.74) is 2.97. The van der Waals surface area contributed by atoms with Crippen LogP contribution >= 0.6 is 0 Å². The fourth-order valence-corrected chi connectivity index (χ4v) is 2.25. The first-order valence-corrected chi connectivity index (χ1v) is 6.98. The van der Waals surface area contributed by atoms with Crippen LogP contribution in [0.5, 0.6) is 0 Å². The lowest BCUT2D eigenvalue weighted by molar-refractivity contribution is -0.138. The van der Waals surface area contributed by atoms with Crippen LogP contribution in [0.25, 0.3) is 11.1 Å². The molecule has 0 saturated heterocycles. The van der Waals surface area contributed by atoms with Gasteiger partial charge in [-0.05, 0) is 36.8 Å².